The van der Waals surface area contributed by atoms with Gasteiger partial charge >= 0.3 is 5.97 Å². The standard InChI is InChI=1S/C15H22N2O2/c1-9(2)13-7-12(15(18)19)8-14(17-13)16-10(3)6-11-4-5-11/h7-11H,4-6H2,1-3H3,(H,16,17)(H,18,19). The lowest BCUT2D eigenvalue weighted by Crippen LogP contribution is -2.17. The Bertz CT molecular complexity index is 467. The molecule has 1 aliphatic rings. The normalized spacial score (nSPS) is 16.4. The number of aromatic carboxylic acids is 1. The summed E-state index contributed by atoms with van der Waals surface area (Å²) in [5.74, 6) is 0.840. The average molecular weight is 262 g/mol. The zero-order valence-electron chi connectivity index (χ0n) is 11.8. The lowest BCUT2D eigenvalue weighted by Gasteiger charge is -2.16. The van der Waals surface area contributed by atoms with E-state index in [9.17, 15) is 4.79 Å². The second-order valence-corrected chi connectivity index (χ2v) is 5.85. The van der Waals surface area contributed by atoms with Crippen LogP contribution < -0.4 is 5.32 Å². The first-order valence-electron chi connectivity index (χ1n) is 6.97. The first-order valence-corrected chi connectivity index (χ1v) is 6.97. The van der Waals surface area contributed by atoms with Crippen LogP contribution in [0.4, 0.5) is 5.82 Å². The molecule has 0 radical (unpaired) electrons. The van der Waals surface area contributed by atoms with Crippen LogP contribution in [-0.4, -0.2) is 22.1 Å². The van der Waals surface area contributed by atoms with Crippen molar-refractivity contribution in [1.29, 1.82) is 0 Å². The number of nitrogens with zero attached hydrogens (tertiary/aromatic N) is 1. The van der Waals surface area contributed by atoms with E-state index in [1.807, 2.05) is 13.8 Å². The molecule has 2 rings (SSSR count). The minimum Gasteiger partial charge on any atom is -0.478 e. The third-order valence-electron chi connectivity index (χ3n) is 3.46. The van der Waals surface area contributed by atoms with Crippen molar-refractivity contribution in [2.24, 2.45) is 5.92 Å². The van der Waals surface area contributed by atoms with Crippen molar-refractivity contribution in [3.05, 3.63) is 23.4 Å². The van der Waals surface area contributed by atoms with Gasteiger partial charge in [-0.1, -0.05) is 26.7 Å². The van der Waals surface area contributed by atoms with Gasteiger partial charge in [0.2, 0.25) is 0 Å². The lowest BCUT2D eigenvalue weighted by molar-refractivity contribution is 0.0696. The van der Waals surface area contributed by atoms with Gasteiger partial charge in [0.25, 0.3) is 0 Å². The van der Waals surface area contributed by atoms with Gasteiger partial charge in [0.1, 0.15) is 5.82 Å². The highest BCUT2D eigenvalue weighted by Gasteiger charge is 2.23. The number of anilines is 1. The molecule has 1 aromatic heterocycles. The van der Waals surface area contributed by atoms with E-state index in [0.717, 1.165) is 18.0 Å². The SMILES string of the molecule is CC(CC1CC1)Nc1cc(C(=O)O)cc(C(C)C)n1. The fraction of sp³-hybridized carbons (Fsp3) is 0.600. The van der Waals surface area contributed by atoms with Crippen LogP contribution in [0.25, 0.3) is 0 Å². The second kappa shape index (κ2) is 5.59. The molecule has 0 bridgehead atoms. The molecule has 4 heteroatoms. The molecule has 1 saturated carbocycles. The Labute approximate surface area is 114 Å². The molecule has 1 aliphatic carbocycles. The number of carbonyl (C=O) groups is 1. The van der Waals surface area contributed by atoms with Crippen molar-refractivity contribution in [2.75, 3.05) is 5.32 Å². The third-order valence-corrected chi connectivity index (χ3v) is 3.46. The molecule has 1 heterocycles. The molecule has 1 fully saturated rings. The fourth-order valence-electron chi connectivity index (χ4n) is 2.21. The lowest BCUT2D eigenvalue weighted by atomic mass is 10.1. The number of nitrogens with one attached hydrogen (secondary N) is 1. The van der Waals surface area contributed by atoms with Gasteiger partial charge in [-0.15, -0.1) is 0 Å². The molecule has 0 aliphatic heterocycles. The van der Waals surface area contributed by atoms with Crippen LogP contribution in [0.15, 0.2) is 12.1 Å². The molecule has 104 valence electrons. The smallest absolute Gasteiger partial charge is 0.335 e. The highest BCUT2D eigenvalue weighted by Crippen LogP contribution is 2.34. The average Bonchev–Trinajstić information content (AvgIpc) is 3.12. The summed E-state index contributed by atoms with van der Waals surface area (Å²) in [6.45, 7) is 6.17. The summed E-state index contributed by atoms with van der Waals surface area (Å²) >= 11 is 0. The highest BCUT2D eigenvalue weighted by molar-refractivity contribution is 5.88. The minimum absolute atomic E-state index is 0.221. The largest absolute Gasteiger partial charge is 0.478 e. The van der Waals surface area contributed by atoms with E-state index < -0.39 is 5.97 Å². The Morgan fingerprint density at radius 3 is 2.63 bits per heavy atom. The quantitative estimate of drug-likeness (QED) is 0.823. The van der Waals surface area contributed by atoms with Crippen molar-refractivity contribution in [2.45, 2.75) is 52.0 Å². The summed E-state index contributed by atoms with van der Waals surface area (Å²) < 4.78 is 0. The summed E-state index contributed by atoms with van der Waals surface area (Å²) in [6, 6.07) is 3.62. The molecule has 1 aromatic rings. The van der Waals surface area contributed by atoms with E-state index in [2.05, 4.69) is 17.2 Å². The van der Waals surface area contributed by atoms with Crippen LogP contribution in [0.2, 0.25) is 0 Å². The van der Waals surface area contributed by atoms with Gasteiger partial charge in [-0.05, 0) is 37.3 Å². The molecule has 0 saturated heterocycles. The van der Waals surface area contributed by atoms with Gasteiger partial charge in [-0.2, -0.15) is 0 Å². The third kappa shape index (κ3) is 3.94. The zero-order chi connectivity index (χ0) is 14.0. The van der Waals surface area contributed by atoms with Crippen LogP contribution >= 0.6 is 0 Å². The van der Waals surface area contributed by atoms with E-state index in [0.29, 0.717) is 17.4 Å². The molecular weight excluding hydrogens is 240 g/mol. The number of carboxylic acid groups (broad SMARTS) is 1. The number of aromatic nitrogens is 1. The van der Waals surface area contributed by atoms with Crippen LogP contribution in [0.3, 0.4) is 0 Å². The van der Waals surface area contributed by atoms with E-state index in [-0.39, 0.29) is 5.92 Å². The molecule has 4 nitrogen and oxygen atoms in total. The summed E-state index contributed by atoms with van der Waals surface area (Å²) in [4.78, 5) is 15.7. The van der Waals surface area contributed by atoms with Crippen molar-refractivity contribution in [1.82, 2.24) is 4.98 Å². The summed E-state index contributed by atoms with van der Waals surface area (Å²) in [6.07, 6.45) is 3.79. The Balaban J connectivity index is 2.15. The van der Waals surface area contributed by atoms with Gasteiger partial charge < -0.3 is 10.4 Å². The fourth-order valence-corrected chi connectivity index (χ4v) is 2.21. The summed E-state index contributed by atoms with van der Waals surface area (Å²) in [7, 11) is 0. The van der Waals surface area contributed by atoms with Crippen LogP contribution in [0.5, 0.6) is 0 Å². The Kier molecular flexibility index (Phi) is 4.08. The topological polar surface area (TPSA) is 62.2 Å². The number of carboxylic acids is 1. The predicted molar refractivity (Wildman–Crippen MR) is 75.7 cm³/mol. The van der Waals surface area contributed by atoms with Crippen LogP contribution in [0.1, 0.15) is 62.0 Å². The molecule has 0 amide bonds. The van der Waals surface area contributed by atoms with Gasteiger partial charge in [-0.25, -0.2) is 9.78 Å². The Hall–Kier alpha value is -1.58. The van der Waals surface area contributed by atoms with Gasteiger partial charge in [0.05, 0.1) is 5.56 Å². The second-order valence-electron chi connectivity index (χ2n) is 5.85. The van der Waals surface area contributed by atoms with Crippen LogP contribution in [-0.2, 0) is 0 Å². The summed E-state index contributed by atoms with van der Waals surface area (Å²) in [5, 5.41) is 12.5. The Morgan fingerprint density at radius 1 is 1.42 bits per heavy atom. The maximum atomic E-state index is 11.1. The predicted octanol–water partition coefficient (Wildman–Crippen LogP) is 3.50. The van der Waals surface area contributed by atoms with Gasteiger partial charge in [0.15, 0.2) is 0 Å². The van der Waals surface area contributed by atoms with E-state index >= 15 is 0 Å². The van der Waals surface area contributed by atoms with E-state index in [4.69, 9.17) is 5.11 Å². The molecule has 2 N–H and O–H groups in total. The number of hydrogen-bond donors (Lipinski definition) is 2. The Morgan fingerprint density at radius 2 is 2.11 bits per heavy atom. The van der Waals surface area contributed by atoms with Crippen molar-refractivity contribution in [3.8, 4) is 0 Å². The van der Waals surface area contributed by atoms with E-state index in [1.54, 1.807) is 12.1 Å². The molecule has 1 atom stereocenters. The zero-order valence-corrected chi connectivity index (χ0v) is 11.8. The maximum absolute atomic E-state index is 11.1. The number of pyridine rings is 1. The minimum atomic E-state index is -0.901. The van der Waals surface area contributed by atoms with Gasteiger partial charge in [-0.3, -0.25) is 0 Å². The summed E-state index contributed by atoms with van der Waals surface area (Å²) in [5.41, 5.74) is 1.13. The van der Waals surface area contributed by atoms with Crippen LogP contribution in [0, 0.1) is 5.92 Å². The van der Waals surface area contributed by atoms with E-state index in [1.165, 1.54) is 12.8 Å². The molecule has 0 spiro atoms. The highest BCUT2D eigenvalue weighted by atomic mass is 16.4. The first-order chi connectivity index (χ1) is 8.95. The van der Waals surface area contributed by atoms with Crippen molar-refractivity contribution in [3.63, 3.8) is 0 Å². The first kappa shape index (κ1) is 13.8. The van der Waals surface area contributed by atoms with Crippen molar-refractivity contribution < 1.29 is 9.90 Å². The maximum Gasteiger partial charge on any atom is 0.335 e. The molecule has 1 unspecified atom stereocenters. The monoisotopic (exact) mass is 262 g/mol. The van der Waals surface area contributed by atoms with Crippen molar-refractivity contribution >= 4 is 11.8 Å². The molecule has 0 aromatic carbocycles. The molecule has 19 heavy (non-hydrogen) atoms. The molecular formula is C15H22N2O2. The van der Waals surface area contributed by atoms with Gasteiger partial charge in [0, 0.05) is 11.7 Å². The number of rotatable bonds is 6. The number of hydrogen-bond acceptors (Lipinski definition) is 3.